The van der Waals surface area contributed by atoms with Crippen molar-refractivity contribution in [3.05, 3.63) is 12.3 Å². The first-order chi connectivity index (χ1) is 8.76. The van der Waals surface area contributed by atoms with Crippen LogP contribution in [0.15, 0.2) is 12.3 Å². The molecule has 0 amide bonds. The predicted octanol–water partition coefficient (Wildman–Crippen LogP) is 0.135. The number of hydrogen-bond donors (Lipinski definition) is 0. The van der Waals surface area contributed by atoms with E-state index in [4.69, 9.17) is 18.9 Å². The van der Waals surface area contributed by atoms with E-state index in [1.54, 1.807) is 20.3 Å². The van der Waals surface area contributed by atoms with Crippen LogP contribution in [0.4, 0.5) is 0 Å². The fourth-order valence-electron chi connectivity index (χ4n) is 2.41. The maximum Gasteiger partial charge on any atom is 0.159 e. The van der Waals surface area contributed by atoms with Gasteiger partial charge in [-0.25, -0.2) is 0 Å². The van der Waals surface area contributed by atoms with Crippen molar-refractivity contribution in [2.45, 2.75) is 24.7 Å². The Morgan fingerprint density at radius 3 is 2.72 bits per heavy atom. The molecule has 18 heavy (non-hydrogen) atoms. The predicted molar refractivity (Wildman–Crippen MR) is 62.8 cm³/mol. The standard InChI is InChI=1S/C12H19NO5/c1-15-7-17-11-6-13-4-3-9(14)5-10(13)12(11)18-8-16-2/h3-4,10-12H,5-8H2,1-2H3/t10-,11-,12-/m0/s1. The van der Waals surface area contributed by atoms with Gasteiger partial charge in [-0.1, -0.05) is 0 Å². The summed E-state index contributed by atoms with van der Waals surface area (Å²) in [5, 5.41) is 0. The summed E-state index contributed by atoms with van der Waals surface area (Å²) in [4.78, 5) is 13.6. The summed E-state index contributed by atoms with van der Waals surface area (Å²) >= 11 is 0. The van der Waals surface area contributed by atoms with E-state index in [1.165, 1.54) is 0 Å². The molecule has 0 bridgehead atoms. The first-order valence-corrected chi connectivity index (χ1v) is 5.94. The van der Waals surface area contributed by atoms with E-state index in [-0.39, 0.29) is 37.6 Å². The number of carbonyl (C=O) groups is 1. The van der Waals surface area contributed by atoms with Crippen LogP contribution in [-0.2, 0) is 23.7 Å². The third kappa shape index (κ3) is 2.89. The second-order valence-electron chi connectivity index (χ2n) is 4.40. The van der Waals surface area contributed by atoms with Crippen molar-refractivity contribution < 1.29 is 23.7 Å². The maximum atomic E-state index is 11.5. The van der Waals surface area contributed by atoms with Crippen molar-refractivity contribution in [1.29, 1.82) is 0 Å². The zero-order chi connectivity index (χ0) is 13.0. The fourth-order valence-corrected chi connectivity index (χ4v) is 2.41. The molecule has 0 spiro atoms. The van der Waals surface area contributed by atoms with Gasteiger partial charge in [0.05, 0.1) is 6.04 Å². The molecule has 2 heterocycles. The quantitative estimate of drug-likeness (QED) is 0.631. The van der Waals surface area contributed by atoms with Crippen LogP contribution >= 0.6 is 0 Å². The smallest absolute Gasteiger partial charge is 0.159 e. The Kier molecular flexibility index (Phi) is 4.71. The molecule has 2 aliphatic rings. The summed E-state index contributed by atoms with van der Waals surface area (Å²) in [5.74, 6) is 0.120. The van der Waals surface area contributed by atoms with E-state index in [0.717, 1.165) is 0 Å². The Morgan fingerprint density at radius 1 is 1.28 bits per heavy atom. The molecule has 6 nitrogen and oxygen atoms in total. The number of nitrogens with zero attached hydrogens (tertiary/aromatic N) is 1. The topological polar surface area (TPSA) is 57.2 Å². The lowest BCUT2D eigenvalue weighted by Gasteiger charge is -2.28. The molecule has 0 aromatic carbocycles. The van der Waals surface area contributed by atoms with E-state index < -0.39 is 0 Å². The largest absolute Gasteiger partial charge is 0.368 e. The monoisotopic (exact) mass is 257 g/mol. The number of rotatable bonds is 6. The summed E-state index contributed by atoms with van der Waals surface area (Å²) in [5.41, 5.74) is 0. The molecule has 1 saturated heterocycles. The lowest BCUT2D eigenvalue weighted by atomic mass is 10.0. The van der Waals surface area contributed by atoms with Crippen LogP contribution in [0, 0.1) is 0 Å². The van der Waals surface area contributed by atoms with Crippen LogP contribution < -0.4 is 0 Å². The SMILES string of the molecule is COCO[C@@H]1[C@@H](OCOC)CN2C=CC(=O)C[C@@H]12. The van der Waals surface area contributed by atoms with Crippen LogP contribution in [0.3, 0.4) is 0 Å². The first kappa shape index (κ1) is 13.5. The van der Waals surface area contributed by atoms with E-state index in [0.29, 0.717) is 13.0 Å². The van der Waals surface area contributed by atoms with E-state index in [9.17, 15) is 4.79 Å². The van der Waals surface area contributed by atoms with Gasteiger partial charge in [0, 0.05) is 33.4 Å². The molecule has 0 radical (unpaired) electrons. The Morgan fingerprint density at radius 2 is 2.00 bits per heavy atom. The van der Waals surface area contributed by atoms with Crippen molar-refractivity contribution >= 4 is 5.78 Å². The van der Waals surface area contributed by atoms with Crippen molar-refractivity contribution in [1.82, 2.24) is 4.90 Å². The minimum Gasteiger partial charge on any atom is -0.368 e. The number of hydrogen-bond acceptors (Lipinski definition) is 6. The van der Waals surface area contributed by atoms with Crippen LogP contribution in [0.5, 0.6) is 0 Å². The number of fused-ring (bicyclic) bond motifs is 1. The molecule has 0 aromatic heterocycles. The molecule has 0 aliphatic carbocycles. The third-order valence-corrected chi connectivity index (χ3v) is 3.20. The average Bonchev–Trinajstić information content (AvgIpc) is 2.71. The molecule has 0 aromatic rings. The highest BCUT2D eigenvalue weighted by molar-refractivity contribution is 5.91. The lowest BCUT2D eigenvalue weighted by Crippen LogP contribution is -2.40. The van der Waals surface area contributed by atoms with Gasteiger partial charge >= 0.3 is 0 Å². The second kappa shape index (κ2) is 6.29. The van der Waals surface area contributed by atoms with Crippen molar-refractivity contribution in [2.75, 3.05) is 34.4 Å². The average molecular weight is 257 g/mol. The number of ketones is 1. The molecule has 3 atom stereocenters. The summed E-state index contributed by atoms with van der Waals surface area (Å²) in [6.45, 7) is 1.11. The van der Waals surface area contributed by atoms with Gasteiger partial charge in [-0.3, -0.25) is 4.79 Å². The molecule has 2 aliphatic heterocycles. The van der Waals surface area contributed by atoms with E-state index >= 15 is 0 Å². The summed E-state index contributed by atoms with van der Waals surface area (Å²) in [6.07, 6.45) is 3.59. The number of carbonyl (C=O) groups excluding carboxylic acids is 1. The molecule has 0 saturated carbocycles. The molecular weight excluding hydrogens is 238 g/mol. The van der Waals surface area contributed by atoms with Gasteiger partial charge in [0.1, 0.15) is 25.8 Å². The third-order valence-electron chi connectivity index (χ3n) is 3.20. The number of ether oxygens (including phenoxy) is 4. The van der Waals surface area contributed by atoms with E-state index in [2.05, 4.69) is 4.90 Å². The van der Waals surface area contributed by atoms with Gasteiger partial charge < -0.3 is 23.8 Å². The highest BCUT2D eigenvalue weighted by Crippen LogP contribution is 2.29. The van der Waals surface area contributed by atoms with Gasteiger partial charge in [-0.05, 0) is 6.08 Å². The zero-order valence-corrected chi connectivity index (χ0v) is 10.7. The van der Waals surface area contributed by atoms with Crippen LogP contribution in [0.1, 0.15) is 6.42 Å². The highest BCUT2D eigenvalue weighted by atomic mass is 16.7. The first-order valence-electron chi connectivity index (χ1n) is 5.94. The summed E-state index contributed by atoms with van der Waals surface area (Å²) < 4.78 is 21.1. The number of allylic oxidation sites excluding steroid dienone is 1. The highest BCUT2D eigenvalue weighted by Gasteiger charge is 2.44. The normalized spacial score (nSPS) is 30.9. The van der Waals surface area contributed by atoms with Gasteiger partial charge in [0.25, 0.3) is 0 Å². The lowest BCUT2D eigenvalue weighted by molar-refractivity contribution is -0.148. The minimum absolute atomic E-state index is 0.0273. The van der Waals surface area contributed by atoms with Gasteiger partial charge in [-0.15, -0.1) is 0 Å². The fraction of sp³-hybridized carbons (Fsp3) is 0.750. The molecular formula is C12H19NO5. The summed E-state index contributed by atoms with van der Waals surface area (Å²) in [7, 11) is 3.15. The van der Waals surface area contributed by atoms with Gasteiger partial charge in [0.15, 0.2) is 5.78 Å². The van der Waals surface area contributed by atoms with Crippen LogP contribution in [-0.4, -0.2) is 63.3 Å². The van der Waals surface area contributed by atoms with Crippen LogP contribution in [0.25, 0.3) is 0 Å². The molecule has 0 unspecified atom stereocenters. The molecule has 0 N–H and O–H groups in total. The van der Waals surface area contributed by atoms with Gasteiger partial charge in [-0.2, -0.15) is 0 Å². The molecule has 102 valence electrons. The second-order valence-corrected chi connectivity index (χ2v) is 4.40. The molecule has 6 heteroatoms. The van der Waals surface area contributed by atoms with Gasteiger partial charge in [0.2, 0.25) is 0 Å². The molecule has 1 fully saturated rings. The molecule has 2 rings (SSSR count). The van der Waals surface area contributed by atoms with Crippen molar-refractivity contribution in [2.24, 2.45) is 0 Å². The summed E-state index contributed by atoms with van der Waals surface area (Å²) in [6, 6.07) is 0.0273. The minimum atomic E-state index is -0.172. The Hall–Kier alpha value is -0.950. The maximum absolute atomic E-state index is 11.5. The van der Waals surface area contributed by atoms with Crippen LogP contribution in [0.2, 0.25) is 0 Å². The zero-order valence-electron chi connectivity index (χ0n) is 10.7. The van der Waals surface area contributed by atoms with E-state index in [1.807, 2.05) is 6.20 Å². The number of methoxy groups -OCH3 is 2. The Balaban J connectivity index is 2.02. The Labute approximate surface area is 106 Å². The van der Waals surface area contributed by atoms with Crippen molar-refractivity contribution in [3.63, 3.8) is 0 Å². The Bertz CT molecular complexity index is 320. The van der Waals surface area contributed by atoms with Crippen molar-refractivity contribution in [3.8, 4) is 0 Å².